The smallest absolute Gasteiger partial charge is 0.150 e. The molecule has 0 saturated carbocycles. The van der Waals surface area contributed by atoms with E-state index in [-0.39, 0.29) is 17.5 Å². The summed E-state index contributed by atoms with van der Waals surface area (Å²) in [4.78, 5) is 0. The van der Waals surface area contributed by atoms with Crippen LogP contribution in [0.3, 0.4) is 0 Å². The van der Waals surface area contributed by atoms with Gasteiger partial charge in [0.05, 0.1) is 29.9 Å². The molecule has 1 aromatic heterocycles. The molecular formula is C15H19N3O2S. The highest BCUT2D eigenvalue weighted by atomic mass is 32.2. The number of sulfone groups is 1. The van der Waals surface area contributed by atoms with Crippen LogP contribution in [0.5, 0.6) is 0 Å². The SMILES string of the molecule is O=S1(=O)CCC(Nc2cnn(Cc3ccccc3)c2)CC1. The van der Waals surface area contributed by atoms with E-state index in [2.05, 4.69) is 22.5 Å². The van der Waals surface area contributed by atoms with Gasteiger partial charge in [0, 0.05) is 12.2 Å². The second-order valence-electron chi connectivity index (χ2n) is 5.48. The van der Waals surface area contributed by atoms with Gasteiger partial charge in [-0.25, -0.2) is 8.42 Å². The molecule has 0 atom stereocenters. The minimum Gasteiger partial charge on any atom is -0.380 e. The molecular weight excluding hydrogens is 286 g/mol. The van der Waals surface area contributed by atoms with Gasteiger partial charge in [-0.05, 0) is 18.4 Å². The lowest BCUT2D eigenvalue weighted by molar-refractivity contribution is 0.559. The summed E-state index contributed by atoms with van der Waals surface area (Å²) in [5.41, 5.74) is 2.16. The van der Waals surface area contributed by atoms with Crippen LogP contribution in [0.4, 0.5) is 5.69 Å². The monoisotopic (exact) mass is 305 g/mol. The zero-order chi connectivity index (χ0) is 14.7. The van der Waals surface area contributed by atoms with Crippen molar-refractivity contribution in [1.82, 2.24) is 9.78 Å². The largest absolute Gasteiger partial charge is 0.380 e. The van der Waals surface area contributed by atoms with E-state index in [4.69, 9.17) is 0 Å². The maximum Gasteiger partial charge on any atom is 0.150 e. The summed E-state index contributed by atoms with van der Waals surface area (Å²) < 4.78 is 24.7. The number of rotatable bonds is 4. The van der Waals surface area contributed by atoms with Crippen molar-refractivity contribution in [3.8, 4) is 0 Å². The average Bonchev–Trinajstić information content (AvgIpc) is 2.90. The van der Waals surface area contributed by atoms with Crippen LogP contribution in [0.2, 0.25) is 0 Å². The molecule has 2 aromatic rings. The first-order valence-electron chi connectivity index (χ1n) is 7.14. The Labute approximate surface area is 124 Å². The molecule has 5 nitrogen and oxygen atoms in total. The van der Waals surface area contributed by atoms with Gasteiger partial charge < -0.3 is 5.32 Å². The second-order valence-corrected chi connectivity index (χ2v) is 7.79. The normalized spacial score (nSPS) is 18.5. The van der Waals surface area contributed by atoms with Crippen molar-refractivity contribution in [3.05, 3.63) is 48.3 Å². The van der Waals surface area contributed by atoms with Crippen molar-refractivity contribution < 1.29 is 8.42 Å². The van der Waals surface area contributed by atoms with Crippen molar-refractivity contribution in [3.63, 3.8) is 0 Å². The van der Waals surface area contributed by atoms with E-state index in [1.807, 2.05) is 29.1 Å². The summed E-state index contributed by atoms with van der Waals surface area (Å²) >= 11 is 0. The molecule has 1 aliphatic heterocycles. The van der Waals surface area contributed by atoms with Crippen molar-refractivity contribution in [2.45, 2.75) is 25.4 Å². The zero-order valence-electron chi connectivity index (χ0n) is 11.8. The molecule has 0 aliphatic carbocycles. The molecule has 0 radical (unpaired) electrons. The Bertz CT molecular complexity index is 681. The minimum atomic E-state index is -2.80. The third-order valence-electron chi connectivity index (χ3n) is 3.75. The highest BCUT2D eigenvalue weighted by molar-refractivity contribution is 7.91. The van der Waals surface area contributed by atoms with Crippen LogP contribution in [0.25, 0.3) is 0 Å². The van der Waals surface area contributed by atoms with Crippen molar-refractivity contribution in [2.24, 2.45) is 0 Å². The number of anilines is 1. The summed E-state index contributed by atoms with van der Waals surface area (Å²) in [6.45, 7) is 0.738. The third-order valence-corrected chi connectivity index (χ3v) is 5.46. The molecule has 0 amide bonds. The molecule has 0 spiro atoms. The highest BCUT2D eigenvalue weighted by Gasteiger charge is 2.23. The number of aromatic nitrogens is 2. The molecule has 21 heavy (non-hydrogen) atoms. The molecule has 6 heteroatoms. The highest BCUT2D eigenvalue weighted by Crippen LogP contribution is 2.17. The first-order chi connectivity index (χ1) is 10.1. The van der Waals surface area contributed by atoms with Gasteiger partial charge >= 0.3 is 0 Å². The molecule has 112 valence electrons. The van der Waals surface area contributed by atoms with Gasteiger partial charge in [-0.1, -0.05) is 30.3 Å². The lowest BCUT2D eigenvalue weighted by atomic mass is 10.1. The van der Waals surface area contributed by atoms with Crippen LogP contribution in [0, 0.1) is 0 Å². The Hall–Kier alpha value is -1.82. The van der Waals surface area contributed by atoms with E-state index in [1.54, 1.807) is 6.20 Å². The number of nitrogens with zero attached hydrogens (tertiary/aromatic N) is 2. The maximum atomic E-state index is 11.4. The molecule has 1 saturated heterocycles. The fraction of sp³-hybridized carbons (Fsp3) is 0.400. The number of benzene rings is 1. The number of nitrogens with one attached hydrogen (secondary N) is 1. The molecule has 1 fully saturated rings. The quantitative estimate of drug-likeness (QED) is 0.937. The molecule has 1 aromatic carbocycles. The zero-order valence-corrected chi connectivity index (χ0v) is 12.6. The first-order valence-corrected chi connectivity index (χ1v) is 8.96. The first kappa shape index (κ1) is 14.1. The van der Waals surface area contributed by atoms with Crippen molar-refractivity contribution in [1.29, 1.82) is 0 Å². The summed E-state index contributed by atoms with van der Waals surface area (Å²) in [5.74, 6) is 0.561. The van der Waals surface area contributed by atoms with Gasteiger partial charge in [0.25, 0.3) is 0 Å². The summed E-state index contributed by atoms with van der Waals surface area (Å²) in [7, 11) is -2.80. The summed E-state index contributed by atoms with van der Waals surface area (Å²) in [5, 5.41) is 7.72. The summed E-state index contributed by atoms with van der Waals surface area (Å²) in [6, 6.07) is 10.4. The fourth-order valence-electron chi connectivity index (χ4n) is 2.57. The molecule has 1 aliphatic rings. The molecule has 1 N–H and O–H groups in total. The van der Waals surface area contributed by atoms with Gasteiger partial charge in [0.15, 0.2) is 0 Å². The Balaban J connectivity index is 1.58. The van der Waals surface area contributed by atoms with Gasteiger partial charge in [0.2, 0.25) is 0 Å². The van der Waals surface area contributed by atoms with Crippen molar-refractivity contribution >= 4 is 15.5 Å². The molecule has 0 bridgehead atoms. The Kier molecular flexibility index (Phi) is 3.96. The van der Waals surface area contributed by atoms with Crippen LogP contribution < -0.4 is 5.32 Å². The third kappa shape index (κ3) is 3.85. The van der Waals surface area contributed by atoms with Crippen molar-refractivity contribution in [2.75, 3.05) is 16.8 Å². The van der Waals surface area contributed by atoms with E-state index in [0.717, 1.165) is 12.2 Å². The Morgan fingerprint density at radius 1 is 1.19 bits per heavy atom. The van der Waals surface area contributed by atoms with E-state index < -0.39 is 9.84 Å². The van der Waals surface area contributed by atoms with Crippen LogP contribution in [0.1, 0.15) is 18.4 Å². The van der Waals surface area contributed by atoms with E-state index in [1.165, 1.54) is 5.56 Å². The fourth-order valence-corrected chi connectivity index (χ4v) is 4.06. The van der Waals surface area contributed by atoms with Gasteiger partial charge in [-0.3, -0.25) is 4.68 Å². The van der Waals surface area contributed by atoms with E-state index in [9.17, 15) is 8.42 Å². The van der Waals surface area contributed by atoms with Crippen LogP contribution >= 0.6 is 0 Å². The average molecular weight is 305 g/mol. The van der Waals surface area contributed by atoms with E-state index in [0.29, 0.717) is 12.8 Å². The standard InChI is InChI=1S/C15H19N3O2S/c19-21(20)8-6-14(7-9-21)17-15-10-16-18(12-15)11-13-4-2-1-3-5-13/h1-5,10,12,14,17H,6-9,11H2. The van der Waals surface area contributed by atoms with Crippen LogP contribution in [0.15, 0.2) is 42.7 Å². The van der Waals surface area contributed by atoms with Gasteiger partial charge in [0.1, 0.15) is 9.84 Å². The predicted octanol–water partition coefficient (Wildman–Crippen LogP) is 1.92. The second kappa shape index (κ2) is 5.89. The topological polar surface area (TPSA) is 64.0 Å². The van der Waals surface area contributed by atoms with Crippen LogP contribution in [-0.2, 0) is 16.4 Å². The predicted molar refractivity (Wildman–Crippen MR) is 83.1 cm³/mol. The Morgan fingerprint density at radius 2 is 1.90 bits per heavy atom. The molecule has 0 unspecified atom stereocenters. The van der Waals surface area contributed by atoms with E-state index >= 15 is 0 Å². The molecule has 3 rings (SSSR count). The van der Waals surface area contributed by atoms with Crippen LogP contribution in [-0.4, -0.2) is 35.7 Å². The van der Waals surface area contributed by atoms with Gasteiger partial charge in [-0.2, -0.15) is 5.10 Å². The maximum absolute atomic E-state index is 11.4. The Morgan fingerprint density at radius 3 is 2.62 bits per heavy atom. The summed E-state index contributed by atoms with van der Waals surface area (Å²) in [6.07, 6.45) is 5.11. The van der Waals surface area contributed by atoms with Gasteiger partial charge in [-0.15, -0.1) is 0 Å². The lowest BCUT2D eigenvalue weighted by Crippen LogP contribution is -2.31. The molecule has 2 heterocycles. The minimum absolute atomic E-state index is 0.225. The number of hydrogen-bond donors (Lipinski definition) is 1. The lowest BCUT2D eigenvalue weighted by Gasteiger charge is -2.23. The number of hydrogen-bond acceptors (Lipinski definition) is 4.